The van der Waals surface area contributed by atoms with Crippen LogP contribution in [0.4, 0.5) is 4.79 Å². The molecule has 0 radical (unpaired) electrons. The molecule has 1 aromatic carbocycles. The molecule has 1 aliphatic heterocycles. The second-order valence-corrected chi connectivity index (χ2v) is 7.96. The number of alkyl carbamates (subject to hydrolysis) is 1. The zero-order valence-electron chi connectivity index (χ0n) is 16.7. The Kier molecular flexibility index (Phi) is 7.66. The Hall–Kier alpha value is -2.08. The Morgan fingerprint density at radius 1 is 1.19 bits per heavy atom. The minimum atomic E-state index is -0.699. The summed E-state index contributed by atoms with van der Waals surface area (Å²) < 4.78 is 16.8. The summed E-state index contributed by atoms with van der Waals surface area (Å²) in [5.74, 6) is -0.441. The van der Waals surface area contributed by atoms with Gasteiger partial charge in [-0.2, -0.15) is 0 Å². The van der Waals surface area contributed by atoms with Crippen molar-refractivity contribution in [2.45, 2.75) is 83.8 Å². The molecule has 0 bridgehead atoms. The van der Waals surface area contributed by atoms with Crippen LogP contribution >= 0.6 is 0 Å². The molecule has 0 spiro atoms. The number of benzene rings is 1. The van der Waals surface area contributed by atoms with Gasteiger partial charge in [-0.25, -0.2) is 9.59 Å². The summed E-state index contributed by atoms with van der Waals surface area (Å²) in [6.07, 6.45) is 1.86. The summed E-state index contributed by atoms with van der Waals surface area (Å²) in [5.41, 5.74) is 0.469. The second kappa shape index (κ2) is 9.74. The highest BCUT2D eigenvalue weighted by molar-refractivity contribution is 5.81. The van der Waals surface area contributed by atoms with Crippen LogP contribution in [-0.2, 0) is 25.6 Å². The van der Waals surface area contributed by atoms with Crippen molar-refractivity contribution in [1.29, 1.82) is 0 Å². The van der Waals surface area contributed by atoms with Gasteiger partial charge in [0.05, 0.1) is 12.7 Å². The molecular formula is C21H31NO5. The number of esters is 1. The quantitative estimate of drug-likeness (QED) is 0.804. The summed E-state index contributed by atoms with van der Waals surface area (Å²) in [6, 6.07) is 9.22. The number of hydrogen-bond acceptors (Lipinski definition) is 5. The third-order valence-corrected chi connectivity index (χ3v) is 4.34. The second-order valence-electron chi connectivity index (χ2n) is 7.96. The largest absolute Gasteiger partial charge is 0.458 e. The molecule has 150 valence electrons. The van der Waals surface area contributed by atoms with E-state index in [1.807, 2.05) is 37.3 Å². The third-order valence-electron chi connectivity index (χ3n) is 4.34. The molecule has 1 N–H and O–H groups in total. The van der Waals surface area contributed by atoms with Crippen LogP contribution in [0.1, 0.15) is 58.9 Å². The van der Waals surface area contributed by atoms with Crippen LogP contribution in [0.3, 0.4) is 0 Å². The number of hydrogen-bond donors (Lipinski definition) is 1. The fraction of sp³-hybridized carbons (Fsp3) is 0.619. The summed E-state index contributed by atoms with van der Waals surface area (Å²) in [5, 5.41) is 2.64. The maximum Gasteiger partial charge on any atom is 0.408 e. The van der Waals surface area contributed by atoms with Gasteiger partial charge in [0.1, 0.15) is 17.7 Å². The average Bonchev–Trinajstić information content (AvgIpc) is 2.64. The topological polar surface area (TPSA) is 73.9 Å². The van der Waals surface area contributed by atoms with E-state index in [1.54, 1.807) is 20.8 Å². The van der Waals surface area contributed by atoms with Gasteiger partial charge in [-0.15, -0.1) is 0 Å². The fourth-order valence-electron chi connectivity index (χ4n) is 2.97. The van der Waals surface area contributed by atoms with Gasteiger partial charge in [0.25, 0.3) is 0 Å². The van der Waals surface area contributed by atoms with Gasteiger partial charge in [-0.1, -0.05) is 43.2 Å². The summed E-state index contributed by atoms with van der Waals surface area (Å²) in [6.45, 7) is 7.66. The monoisotopic (exact) mass is 377 g/mol. The number of carbonyl (C=O) groups excluding carboxylic acids is 2. The summed E-state index contributed by atoms with van der Waals surface area (Å²) in [4.78, 5) is 24.5. The summed E-state index contributed by atoms with van der Waals surface area (Å²) in [7, 11) is 0. The fourth-order valence-corrected chi connectivity index (χ4v) is 2.97. The first-order valence-corrected chi connectivity index (χ1v) is 9.60. The Bertz CT molecular complexity index is 611. The van der Waals surface area contributed by atoms with E-state index in [-0.39, 0.29) is 12.2 Å². The van der Waals surface area contributed by atoms with Crippen LogP contribution in [0.5, 0.6) is 0 Å². The Labute approximate surface area is 161 Å². The van der Waals surface area contributed by atoms with Crippen LogP contribution in [0, 0.1) is 0 Å². The SMILES string of the molecule is C[C@@H]1OC(=O)[C@@H](NC(=O)OC(C)(C)C)CCCC[C@H]1OCc1ccccc1. The van der Waals surface area contributed by atoms with Crippen molar-refractivity contribution < 1.29 is 23.8 Å². The van der Waals surface area contributed by atoms with Crippen LogP contribution < -0.4 is 5.32 Å². The highest BCUT2D eigenvalue weighted by Crippen LogP contribution is 2.20. The molecule has 1 amide bonds. The molecule has 1 fully saturated rings. The lowest BCUT2D eigenvalue weighted by molar-refractivity contribution is -0.159. The van der Waals surface area contributed by atoms with Crippen molar-refractivity contribution in [2.75, 3.05) is 0 Å². The lowest BCUT2D eigenvalue weighted by Crippen LogP contribution is -2.45. The molecule has 0 aliphatic carbocycles. The molecule has 6 nitrogen and oxygen atoms in total. The molecule has 1 heterocycles. The molecular weight excluding hydrogens is 346 g/mol. The zero-order chi connectivity index (χ0) is 19.9. The minimum absolute atomic E-state index is 0.172. The van der Waals surface area contributed by atoms with E-state index in [2.05, 4.69) is 5.32 Å². The van der Waals surface area contributed by atoms with Crippen LogP contribution in [0.15, 0.2) is 30.3 Å². The number of carbonyl (C=O) groups is 2. The van der Waals surface area contributed by atoms with E-state index in [0.29, 0.717) is 13.0 Å². The van der Waals surface area contributed by atoms with Gasteiger partial charge in [0, 0.05) is 0 Å². The maximum absolute atomic E-state index is 12.5. The highest BCUT2D eigenvalue weighted by atomic mass is 16.6. The van der Waals surface area contributed by atoms with Gasteiger partial charge in [-0.3, -0.25) is 0 Å². The number of rotatable bonds is 4. The molecule has 1 saturated heterocycles. The highest BCUT2D eigenvalue weighted by Gasteiger charge is 2.30. The van der Waals surface area contributed by atoms with E-state index in [9.17, 15) is 9.59 Å². The number of nitrogens with one attached hydrogen (secondary N) is 1. The first-order chi connectivity index (χ1) is 12.7. The van der Waals surface area contributed by atoms with E-state index in [1.165, 1.54) is 0 Å². The smallest absolute Gasteiger partial charge is 0.408 e. The zero-order valence-corrected chi connectivity index (χ0v) is 16.7. The molecule has 1 aliphatic rings. The molecule has 1 aromatic rings. The lowest BCUT2D eigenvalue weighted by atomic mass is 10.1. The minimum Gasteiger partial charge on any atom is -0.458 e. The van der Waals surface area contributed by atoms with E-state index in [0.717, 1.165) is 24.8 Å². The van der Waals surface area contributed by atoms with Gasteiger partial charge in [-0.05, 0) is 46.1 Å². The van der Waals surface area contributed by atoms with Gasteiger partial charge in [0.2, 0.25) is 0 Å². The number of ether oxygens (including phenoxy) is 3. The molecule has 6 heteroatoms. The van der Waals surface area contributed by atoms with Crippen LogP contribution in [0.2, 0.25) is 0 Å². The van der Waals surface area contributed by atoms with Crippen LogP contribution in [0.25, 0.3) is 0 Å². The van der Waals surface area contributed by atoms with Crippen molar-refractivity contribution >= 4 is 12.1 Å². The van der Waals surface area contributed by atoms with Gasteiger partial charge < -0.3 is 19.5 Å². The van der Waals surface area contributed by atoms with Crippen molar-refractivity contribution in [3.05, 3.63) is 35.9 Å². The normalized spacial score (nSPS) is 24.1. The standard InChI is InChI=1S/C21H31NO5/c1-15-18(25-14-16-10-6-5-7-11-16)13-9-8-12-17(19(23)26-15)22-20(24)27-21(2,3)4/h5-7,10-11,15,17-18H,8-9,12-14H2,1-4H3,(H,22,24)/t15-,17-,18+/m0/s1. The maximum atomic E-state index is 12.5. The molecule has 27 heavy (non-hydrogen) atoms. The van der Waals surface area contributed by atoms with E-state index in [4.69, 9.17) is 14.2 Å². The molecule has 0 unspecified atom stereocenters. The molecule has 0 aromatic heterocycles. The van der Waals surface area contributed by atoms with Crippen molar-refractivity contribution in [3.63, 3.8) is 0 Å². The predicted molar refractivity (Wildman–Crippen MR) is 102 cm³/mol. The van der Waals surface area contributed by atoms with Gasteiger partial charge in [0.15, 0.2) is 0 Å². The number of cyclic esters (lactones) is 1. The van der Waals surface area contributed by atoms with Gasteiger partial charge >= 0.3 is 12.1 Å². The Balaban J connectivity index is 1.92. The Morgan fingerprint density at radius 2 is 1.85 bits per heavy atom. The first kappa shape index (κ1) is 21.2. The number of amides is 1. The Morgan fingerprint density at radius 3 is 2.52 bits per heavy atom. The molecule has 2 rings (SSSR count). The van der Waals surface area contributed by atoms with Crippen molar-refractivity contribution in [1.82, 2.24) is 5.32 Å². The van der Waals surface area contributed by atoms with E-state index >= 15 is 0 Å². The molecule has 0 saturated carbocycles. The van der Waals surface area contributed by atoms with Crippen molar-refractivity contribution in [2.24, 2.45) is 0 Å². The summed E-state index contributed by atoms with van der Waals surface area (Å²) >= 11 is 0. The van der Waals surface area contributed by atoms with E-state index < -0.39 is 23.7 Å². The third kappa shape index (κ3) is 7.59. The average molecular weight is 377 g/mol. The predicted octanol–water partition coefficient (Wildman–Crippen LogP) is 3.97. The van der Waals surface area contributed by atoms with Crippen LogP contribution in [-0.4, -0.2) is 35.9 Å². The van der Waals surface area contributed by atoms with Crippen molar-refractivity contribution in [3.8, 4) is 0 Å². The lowest BCUT2D eigenvalue weighted by Gasteiger charge is -2.25. The molecule has 3 atom stereocenters. The first-order valence-electron chi connectivity index (χ1n) is 9.60.